The van der Waals surface area contributed by atoms with E-state index in [2.05, 4.69) is 31.2 Å². The Balaban J connectivity index is 1.80. The number of anilines is 1. The van der Waals surface area contributed by atoms with Crippen LogP contribution in [-0.4, -0.2) is 27.7 Å². The molecule has 5 heteroatoms. The summed E-state index contributed by atoms with van der Waals surface area (Å²) in [5, 5.41) is 12.8. The maximum atomic E-state index is 9.55. The fourth-order valence-electron chi connectivity index (χ4n) is 2.09. The zero-order valence-corrected chi connectivity index (χ0v) is 10.7. The molecule has 2 atom stereocenters. The zero-order valence-electron chi connectivity index (χ0n) is 9.06. The summed E-state index contributed by atoms with van der Waals surface area (Å²) in [5.41, 5.74) is 0. The molecule has 0 aliphatic heterocycles. The van der Waals surface area contributed by atoms with Crippen molar-refractivity contribution in [2.24, 2.45) is 5.92 Å². The first-order chi connectivity index (χ1) is 7.74. The minimum atomic E-state index is -0.119. The first-order valence-electron chi connectivity index (χ1n) is 5.63. The average Bonchev–Trinajstić information content (AvgIpc) is 2.28. The number of hydrogen-bond acceptors (Lipinski definition) is 4. The average molecular weight is 286 g/mol. The number of aliphatic hydroxyl groups is 1. The van der Waals surface area contributed by atoms with Crippen molar-refractivity contribution >= 4 is 21.9 Å². The molecule has 1 aromatic heterocycles. The molecule has 88 valence electrons. The Kier molecular flexibility index (Phi) is 4.12. The van der Waals surface area contributed by atoms with Crippen molar-refractivity contribution < 1.29 is 5.11 Å². The smallest absolute Gasteiger partial charge is 0.222 e. The molecule has 16 heavy (non-hydrogen) atoms. The molecule has 1 fully saturated rings. The fourth-order valence-corrected chi connectivity index (χ4v) is 2.29. The van der Waals surface area contributed by atoms with E-state index >= 15 is 0 Å². The van der Waals surface area contributed by atoms with Gasteiger partial charge in [0, 0.05) is 18.9 Å². The van der Waals surface area contributed by atoms with E-state index in [0.29, 0.717) is 11.9 Å². The SMILES string of the molecule is OC1CCCC(CNc2ncc(Br)cn2)C1. The second kappa shape index (κ2) is 5.59. The van der Waals surface area contributed by atoms with Crippen molar-refractivity contribution in [1.29, 1.82) is 0 Å². The number of nitrogens with one attached hydrogen (secondary N) is 1. The lowest BCUT2D eigenvalue weighted by atomic mass is 9.87. The number of aromatic nitrogens is 2. The van der Waals surface area contributed by atoms with E-state index in [9.17, 15) is 5.11 Å². The van der Waals surface area contributed by atoms with Crippen LogP contribution in [-0.2, 0) is 0 Å². The van der Waals surface area contributed by atoms with Crippen LogP contribution in [0.2, 0.25) is 0 Å². The highest BCUT2D eigenvalue weighted by molar-refractivity contribution is 9.10. The van der Waals surface area contributed by atoms with Gasteiger partial charge in [-0.05, 0) is 41.1 Å². The molecule has 0 radical (unpaired) electrons. The Morgan fingerprint density at radius 1 is 1.38 bits per heavy atom. The Morgan fingerprint density at radius 3 is 2.81 bits per heavy atom. The molecule has 0 saturated heterocycles. The van der Waals surface area contributed by atoms with Crippen molar-refractivity contribution in [3.05, 3.63) is 16.9 Å². The molecule has 4 nitrogen and oxygen atoms in total. The van der Waals surface area contributed by atoms with Crippen molar-refractivity contribution in [3.63, 3.8) is 0 Å². The number of nitrogens with zero attached hydrogens (tertiary/aromatic N) is 2. The molecular weight excluding hydrogens is 270 g/mol. The summed E-state index contributed by atoms with van der Waals surface area (Å²) in [6.45, 7) is 0.846. The molecule has 2 rings (SSSR count). The third kappa shape index (κ3) is 3.42. The molecule has 1 heterocycles. The molecule has 0 amide bonds. The molecule has 1 aliphatic rings. The summed E-state index contributed by atoms with van der Waals surface area (Å²) in [6, 6.07) is 0. The number of hydrogen-bond donors (Lipinski definition) is 2. The minimum absolute atomic E-state index is 0.119. The van der Waals surface area contributed by atoms with Gasteiger partial charge in [0.15, 0.2) is 0 Å². The van der Waals surface area contributed by atoms with Crippen molar-refractivity contribution in [3.8, 4) is 0 Å². The summed E-state index contributed by atoms with van der Waals surface area (Å²) in [7, 11) is 0. The van der Waals surface area contributed by atoms with Crippen LogP contribution in [0.4, 0.5) is 5.95 Å². The van der Waals surface area contributed by atoms with E-state index in [1.807, 2.05) is 0 Å². The second-order valence-electron chi connectivity index (χ2n) is 4.29. The van der Waals surface area contributed by atoms with Gasteiger partial charge in [-0.1, -0.05) is 6.42 Å². The van der Waals surface area contributed by atoms with Crippen LogP contribution in [0.25, 0.3) is 0 Å². The molecule has 1 saturated carbocycles. The van der Waals surface area contributed by atoms with Crippen LogP contribution in [0.15, 0.2) is 16.9 Å². The topological polar surface area (TPSA) is 58.0 Å². The first kappa shape index (κ1) is 11.8. The van der Waals surface area contributed by atoms with Gasteiger partial charge in [-0.3, -0.25) is 0 Å². The number of aliphatic hydroxyl groups excluding tert-OH is 1. The summed E-state index contributed by atoms with van der Waals surface area (Å²) in [5.74, 6) is 1.19. The van der Waals surface area contributed by atoms with Gasteiger partial charge < -0.3 is 10.4 Å². The lowest BCUT2D eigenvalue weighted by Gasteiger charge is -2.25. The lowest BCUT2D eigenvalue weighted by Crippen LogP contribution is -2.25. The van der Waals surface area contributed by atoms with Crippen LogP contribution in [0.1, 0.15) is 25.7 Å². The van der Waals surface area contributed by atoms with Gasteiger partial charge >= 0.3 is 0 Å². The van der Waals surface area contributed by atoms with Gasteiger partial charge in [0.05, 0.1) is 10.6 Å². The third-order valence-corrected chi connectivity index (χ3v) is 3.33. The van der Waals surface area contributed by atoms with E-state index in [-0.39, 0.29) is 6.10 Å². The van der Waals surface area contributed by atoms with E-state index in [1.54, 1.807) is 12.4 Å². The summed E-state index contributed by atoms with van der Waals surface area (Å²) in [6.07, 6.45) is 7.48. The Hall–Kier alpha value is -0.680. The molecule has 2 unspecified atom stereocenters. The Labute approximate surface area is 104 Å². The van der Waals surface area contributed by atoms with Crippen molar-refractivity contribution in [2.45, 2.75) is 31.8 Å². The zero-order chi connectivity index (χ0) is 11.4. The Morgan fingerprint density at radius 2 is 2.12 bits per heavy atom. The maximum Gasteiger partial charge on any atom is 0.222 e. The van der Waals surface area contributed by atoms with Gasteiger partial charge in [-0.25, -0.2) is 9.97 Å². The highest BCUT2D eigenvalue weighted by Gasteiger charge is 2.19. The monoisotopic (exact) mass is 285 g/mol. The van der Waals surface area contributed by atoms with Crippen LogP contribution < -0.4 is 5.32 Å². The van der Waals surface area contributed by atoms with E-state index < -0.39 is 0 Å². The normalized spacial score (nSPS) is 25.4. The molecule has 2 N–H and O–H groups in total. The predicted octanol–water partition coefficient (Wildman–Crippen LogP) is 2.20. The highest BCUT2D eigenvalue weighted by atomic mass is 79.9. The maximum absolute atomic E-state index is 9.55. The molecule has 0 spiro atoms. The molecule has 1 aromatic rings. The molecule has 1 aliphatic carbocycles. The van der Waals surface area contributed by atoms with Gasteiger partial charge in [-0.2, -0.15) is 0 Å². The van der Waals surface area contributed by atoms with E-state index in [4.69, 9.17) is 0 Å². The van der Waals surface area contributed by atoms with Crippen molar-refractivity contribution in [1.82, 2.24) is 9.97 Å². The third-order valence-electron chi connectivity index (χ3n) is 2.92. The largest absolute Gasteiger partial charge is 0.393 e. The standard InChI is InChI=1S/C11H16BrN3O/c12-9-6-14-11(15-7-9)13-5-8-2-1-3-10(16)4-8/h6-8,10,16H,1-5H2,(H,13,14,15). The quantitative estimate of drug-likeness (QED) is 0.894. The molecule has 0 aromatic carbocycles. The first-order valence-corrected chi connectivity index (χ1v) is 6.43. The van der Waals surface area contributed by atoms with Crippen LogP contribution in [0.5, 0.6) is 0 Å². The Bertz CT molecular complexity index is 331. The van der Waals surface area contributed by atoms with Gasteiger partial charge in [0.2, 0.25) is 5.95 Å². The van der Waals surface area contributed by atoms with Crippen molar-refractivity contribution in [2.75, 3.05) is 11.9 Å². The van der Waals surface area contributed by atoms with Gasteiger partial charge in [0.25, 0.3) is 0 Å². The van der Waals surface area contributed by atoms with E-state index in [0.717, 1.165) is 30.3 Å². The predicted molar refractivity (Wildman–Crippen MR) is 66.2 cm³/mol. The number of halogens is 1. The van der Waals surface area contributed by atoms with E-state index in [1.165, 1.54) is 6.42 Å². The molecular formula is C11H16BrN3O. The fraction of sp³-hybridized carbons (Fsp3) is 0.636. The van der Waals surface area contributed by atoms with Crippen LogP contribution >= 0.6 is 15.9 Å². The van der Waals surface area contributed by atoms with Gasteiger partial charge in [-0.15, -0.1) is 0 Å². The highest BCUT2D eigenvalue weighted by Crippen LogP contribution is 2.24. The lowest BCUT2D eigenvalue weighted by molar-refractivity contribution is 0.104. The van der Waals surface area contributed by atoms with Crippen LogP contribution in [0.3, 0.4) is 0 Å². The minimum Gasteiger partial charge on any atom is -0.393 e. The second-order valence-corrected chi connectivity index (χ2v) is 5.21. The summed E-state index contributed by atoms with van der Waals surface area (Å²) in [4.78, 5) is 8.30. The van der Waals surface area contributed by atoms with Crippen LogP contribution in [0, 0.1) is 5.92 Å². The summed E-state index contributed by atoms with van der Waals surface area (Å²) >= 11 is 3.30. The molecule has 0 bridgehead atoms. The number of rotatable bonds is 3. The van der Waals surface area contributed by atoms with Gasteiger partial charge in [0.1, 0.15) is 0 Å². The summed E-state index contributed by atoms with van der Waals surface area (Å²) < 4.78 is 0.881.